The monoisotopic (exact) mass is 413 g/mol. The number of aryl methyl sites for hydroxylation is 1. The minimum absolute atomic E-state index is 0.0704. The summed E-state index contributed by atoms with van der Waals surface area (Å²) >= 11 is 1.39. The number of carbonyl (C=O) groups is 1. The SMILES string of the molecule is CC(C)Cn1c(=O)c2sccc2n2c(CCC(=O)Nc3cccc(F)c3)nnc12. The minimum atomic E-state index is -0.408. The molecule has 0 aliphatic rings. The van der Waals surface area contributed by atoms with E-state index in [2.05, 4.69) is 15.5 Å². The first-order valence-electron chi connectivity index (χ1n) is 9.33. The lowest BCUT2D eigenvalue weighted by molar-refractivity contribution is -0.116. The maximum Gasteiger partial charge on any atom is 0.272 e. The van der Waals surface area contributed by atoms with E-state index >= 15 is 0 Å². The summed E-state index contributed by atoms with van der Waals surface area (Å²) in [5.41, 5.74) is 1.09. The fraction of sp³-hybridized carbons (Fsp3) is 0.300. The third kappa shape index (κ3) is 3.77. The van der Waals surface area contributed by atoms with Crippen LogP contribution in [0.25, 0.3) is 16.0 Å². The van der Waals surface area contributed by atoms with E-state index in [1.54, 1.807) is 10.6 Å². The molecular weight excluding hydrogens is 393 g/mol. The second-order valence-electron chi connectivity index (χ2n) is 7.25. The summed E-state index contributed by atoms with van der Waals surface area (Å²) in [5, 5.41) is 13.0. The molecule has 4 rings (SSSR count). The number of nitrogens with one attached hydrogen (secondary N) is 1. The van der Waals surface area contributed by atoms with Gasteiger partial charge in [-0.25, -0.2) is 4.39 Å². The molecule has 3 aromatic heterocycles. The van der Waals surface area contributed by atoms with Crippen LogP contribution in [0.15, 0.2) is 40.5 Å². The first kappa shape index (κ1) is 19.3. The van der Waals surface area contributed by atoms with Gasteiger partial charge in [0.05, 0.1) is 5.52 Å². The van der Waals surface area contributed by atoms with Gasteiger partial charge in [0.25, 0.3) is 5.56 Å². The van der Waals surface area contributed by atoms with E-state index in [9.17, 15) is 14.0 Å². The molecule has 0 fully saturated rings. The van der Waals surface area contributed by atoms with E-state index in [-0.39, 0.29) is 23.8 Å². The highest BCUT2D eigenvalue weighted by molar-refractivity contribution is 7.17. The molecule has 0 saturated heterocycles. The van der Waals surface area contributed by atoms with Crippen LogP contribution in [-0.4, -0.2) is 25.1 Å². The molecule has 0 radical (unpaired) electrons. The van der Waals surface area contributed by atoms with E-state index in [0.29, 0.717) is 35.0 Å². The van der Waals surface area contributed by atoms with Gasteiger partial charge in [-0.05, 0) is 35.6 Å². The number of fused-ring (bicyclic) bond motifs is 3. The normalized spacial score (nSPS) is 11.6. The van der Waals surface area contributed by atoms with Crippen LogP contribution in [0.5, 0.6) is 0 Å². The standard InChI is InChI=1S/C20H20FN5O2S/c1-12(2)11-25-19(28)18-15(8-9-29-18)26-16(23-24-20(25)26)6-7-17(27)22-14-5-3-4-13(21)10-14/h3-5,8-10,12H,6-7,11H2,1-2H3,(H,22,27). The lowest BCUT2D eigenvalue weighted by Gasteiger charge is -2.11. The first-order valence-corrected chi connectivity index (χ1v) is 10.2. The number of anilines is 1. The number of benzene rings is 1. The van der Waals surface area contributed by atoms with Crippen LogP contribution in [0.4, 0.5) is 10.1 Å². The number of rotatable bonds is 6. The van der Waals surface area contributed by atoms with Gasteiger partial charge in [-0.3, -0.25) is 18.6 Å². The molecule has 29 heavy (non-hydrogen) atoms. The molecule has 4 aromatic rings. The van der Waals surface area contributed by atoms with Crippen LogP contribution in [0.2, 0.25) is 0 Å². The van der Waals surface area contributed by atoms with Crippen LogP contribution in [-0.2, 0) is 17.8 Å². The molecule has 0 saturated carbocycles. The Kier molecular flexibility index (Phi) is 5.14. The van der Waals surface area contributed by atoms with Gasteiger partial charge in [-0.15, -0.1) is 21.5 Å². The van der Waals surface area contributed by atoms with Crippen LogP contribution in [0.3, 0.4) is 0 Å². The van der Waals surface area contributed by atoms with Crippen molar-refractivity contribution >= 4 is 38.9 Å². The number of thiophene rings is 1. The Labute approximate surface area is 169 Å². The number of carbonyl (C=O) groups excluding carboxylic acids is 1. The van der Waals surface area contributed by atoms with E-state index in [1.807, 2.05) is 29.7 Å². The number of amides is 1. The predicted octanol–water partition coefficient (Wildman–Crippen LogP) is 3.47. The fourth-order valence-corrected chi connectivity index (χ4v) is 4.11. The summed E-state index contributed by atoms with van der Waals surface area (Å²) in [5.74, 6) is 0.704. The highest BCUT2D eigenvalue weighted by Gasteiger charge is 2.18. The van der Waals surface area contributed by atoms with Gasteiger partial charge in [0.2, 0.25) is 11.7 Å². The van der Waals surface area contributed by atoms with Crippen molar-refractivity contribution in [3.8, 4) is 0 Å². The van der Waals surface area contributed by atoms with Gasteiger partial charge in [-0.2, -0.15) is 0 Å². The molecule has 7 nitrogen and oxygen atoms in total. The summed E-state index contributed by atoms with van der Waals surface area (Å²) in [7, 11) is 0. The number of nitrogens with zero attached hydrogens (tertiary/aromatic N) is 4. The van der Waals surface area contributed by atoms with E-state index in [1.165, 1.54) is 29.5 Å². The number of aromatic nitrogens is 4. The molecule has 0 atom stereocenters. The molecule has 0 spiro atoms. The van der Waals surface area contributed by atoms with Crippen molar-refractivity contribution in [3.05, 3.63) is 57.7 Å². The Hall–Kier alpha value is -3.07. The highest BCUT2D eigenvalue weighted by atomic mass is 32.1. The van der Waals surface area contributed by atoms with Crippen LogP contribution in [0, 0.1) is 11.7 Å². The largest absolute Gasteiger partial charge is 0.326 e. The molecule has 0 unspecified atom stereocenters. The summed E-state index contributed by atoms with van der Waals surface area (Å²) in [6.45, 7) is 4.61. The second kappa shape index (κ2) is 7.75. The molecular formula is C20H20FN5O2S. The number of halogens is 1. The third-order valence-electron chi connectivity index (χ3n) is 4.51. The number of hydrogen-bond donors (Lipinski definition) is 1. The Morgan fingerprint density at radius 2 is 2.10 bits per heavy atom. The molecule has 9 heteroatoms. The Morgan fingerprint density at radius 1 is 1.28 bits per heavy atom. The van der Waals surface area contributed by atoms with Crippen LogP contribution >= 0.6 is 11.3 Å². The third-order valence-corrected chi connectivity index (χ3v) is 5.40. The van der Waals surface area contributed by atoms with Gasteiger partial charge >= 0.3 is 0 Å². The molecule has 0 bridgehead atoms. The Bertz CT molecular complexity index is 1260. The molecule has 3 heterocycles. The van der Waals surface area contributed by atoms with Crippen molar-refractivity contribution in [1.29, 1.82) is 0 Å². The lowest BCUT2D eigenvalue weighted by atomic mass is 10.2. The molecule has 1 aromatic carbocycles. The van der Waals surface area contributed by atoms with Gasteiger partial charge < -0.3 is 5.32 Å². The van der Waals surface area contributed by atoms with Crippen molar-refractivity contribution in [2.75, 3.05) is 5.32 Å². The summed E-state index contributed by atoms with van der Waals surface area (Å²) < 4.78 is 17.4. The summed E-state index contributed by atoms with van der Waals surface area (Å²) in [6, 6.07) is 7.63. The molecule has 150 valence electrons. The maximum absolute atomic E-state index is 13.3. The highest BCUT2D eigenvalue weighted by Crippen LogP contribution is 2.21. The maximum atomic E-state index is 13.3. The minimum Gasteiger partial charge on any atom is -0.326 e. The molecule has 0 aliphatic carbocycles. The topological polar surface area (TPSA) is 81.3 Å². The smallest absolute Gasteiger partial charge is 0.272 e. The van der Waals surface area contributed by atoms with Gasteiger partial charge in [0.15, 0.2) is 0 Å². The zero-order chi connectivity index (χ0) is 20.5. The first-order chi connectivity index (χ1) is 13.9. The average Bonchev–Trinajstić information content (AvgIpc) is 3.30. The van der Waals surface area contributed by atoms with Crippen molar-refractivity contribution in [2.24, 2.45) is 5.92 Å². The summed E-state index contributed by atoms with van der Waals surface area (Å²) in [6.07, 6.45) is 0.499. The summed E-state index contributed by atoms with van der Waals surface area (Å²) in [4.78, 5) is 25.1. The van der Waals surface area contributed by atoms with Crippen molar-refractivity contribution < 1.29 is 9.18 Å². The van der Waals surface area contributed by atoms with Gasteiger partial charge in [0.1, 0.15) is 16.3 Å². The zero-order valence-corrected chi connectivity index (χ0v) is 16.9. The second-order valence-corrected chi connectivity index (χ2v) is 8.17. The van der Waals surface area contributed by atoms with E-state index < -0.39 is 5.82 Å². The van der Waals surface area contributed by atoms with Crippen LogP contribution < -0.4 is 10.9 Å². The zero-order valence-electron chi connectivity index (χ0n) is 16.1. The van der Waals surface area contributed by atoms with Gasteiger partial charge in [0, 0.05) is 25.1 Å². The molecule has 1 amide bonds. The average molecular weight is 413 g/mol. The van der Waals surface area contributed by atoms with Crippen molar-refractivity contribution in [2.45, 2.75) is 33.2 Å². The van der Waals surface area contributed by atoms with Gasteiger partial charge in [-0.1, -0.05) is 19.9 Å². The lowest BCUT2D eigenvalue weighted by Crippen LogP contribution is -2.24. The quantitative estimate of drug-likeness (QED) is 0.525. The van der Waals surface area contributed by atoms with Crippen molar-refractivity contribution in [1.82, 2.24) is 19.2 Å². The Morgan fingerprint density at radius 3 is 2.86 bits per heavy atom. The molecule has 1 N–H and O–H groups in total. The Balaban J connectivity index is 1.64. The van der Waals surface area contributed by atoms with Crippen molar-refractivity contribution in [3.63, 3.8) is 0 Å². The number of hydrogen-bond acceptors (Lipinski definition) is 5. The fourth-order valence-electron chi connectivity index (χ4n) is 3.29. The predicted molar refractivity (Wildman–Crippen MR) is 111 cm³/mol. The van der Waals surface area contributed by atoms with E-state index in [4.69, 9.17) is 0 Å². The molecule has 0 aliphatic heterocycles. The van der Waals surface area contributed by atoms with Crippen LogP contribution in [0.1, 0.15) is 26.1 Å². The van der Waals surface area contributed by atoms with E-state index in [0.717, 1.165) is 5.52 Å².